The molecule has 2 aromatic carbocycles. The zero-order valence-electron chi connectivity index (χ0n) is 12.2. The fourth-order valence-electron chi connectivity index (χ4n) is 2.62. The number of benzene rings is 2. The smallest absolute Gasteiger partial charge is 0.261 e. The molecule has 3 rings (SSSR count). The number of nitrogens with zero attached hydrogens (tertiary/aromatic N) is 1. The molecule has 1 heterocycles. The molecule has 0 unspecified atom stereocenters. The van der Waals surface area contributed by atoms with E-state index in [1.807, 2.05) is 12.1 Å². The van der Waals surface area contributed by atoms with Crippen LogP contribution >= 0.6 is 0 Å². The van der Waals surface area contributed by atoms with Crippen molar-refractivity contribution in [3.8, 4) is 0 Å². The van der Waals surface area contributed by atoms with Gasteiger partial charge in [-0.2, -0.15) is 0 Å². The number of hydrogen-bond acceptors (Lipinski definition) is 2. The van der Waals surface area contributed by atoms with E-state index in [4.69, 9.17) is 0 Å². The first kappa shape index (κ1) is 13.6. The average molecular weight is 277 g/mol. The van der Waals surface area contributed by atoms with E-state index in [9.17, 15) is 9.59 Å². The van der Waals surface area contributed by atoms with Gasteiger partial charge >= 0.3 is 0 Å². The second kappa shape index (κ2) is 5.21. The Hall–Kier alpha value is -2.36. The minimum Gasteiger partial charge on any atom is -0.270 e. The van der Waals surface area contributed by atoms with Crippen molar-refractivity contribution in [3.63, 3.8) is 0 Å². The van der Waals surface area contributed by atoms with Crippen LogP contribution in [0.25, 0.3) is 0 Å². The molecule has 0 atom stereocenters. The molecule has 0 N–H and O–H groups in total. The van der Waals surface area contributed by atoms with E-state index in [0.29, 0.717) is 24.4 Å². The van der Waals surface area contributed by atoms with Gasteiger partial charge in [0.25, 0.3) is 11.8 Å². The Morgan fingerprint density at radius 3 is 2.10 bits per heavy atom. The monoisotopic (exact) mass is 277 g/mol. The van der Waals surface area contributed by atoms with E-state index >= 15 is 0 Å². The standard InChI is InChI=1S/C17H16BNO2/c1-18(2)13-7-5-6-12(10-13)11-19-16(20)14-8-3-4-9-15(14)17(19)21/h3-10H,11H2,1-2H3. The predicted molar refractivity (Wildman–Crippen MR) is 84.2 cm³/mol. The molecule has 0 saturated carbocycles. The van der Waals surface area contributed by atoms with Gasteiger partial charge in [-0.15, -0.1) is 0 Å². The molecule has 1 aliphatic heterocycles. The first-order valence-corrected chi connectivity index (χ1v) is 7.12. The zero-order chi connectivity index (χ0) is 15.0. The molecule has 2 amide bonds. The number of hydrogen-bond donors (Lipinski definition) is 0. The van der Waals surface area contributed by atoms with Crippen LogP contribution in [0.3, 0.4) is 0 Å². The Labute approximate surface area is 124 Å². The predicted octanol–water partition coefficient (Wildman–Crippen LogP) is 2.44. The summed E-state index contributed by atoms with van der Waals surface area (Å²) in [7, 11) is 0. The molecule has 0 aromatic heterocycles. The molecule has 3 nitrogen and oxygen atoms in total. The lowest BCUT2D eigenvalue weighted by molar-refractivity contribution is 0.0642. The second-order valence-electron chi connectivity index (χ2n) is 5.64. The van der Waals surface area contributed by atoms with Gasteiger partial charge in [0.15, 0.2) is 6.71 Å². The van der Waals surface area contributed by atoms with Crippen LogP contribution in [-0.4, -0.2) is 23.4 Å². The van der Waals surface area contributed by atoms with Gasteiger partial charge < -0.3 is 0 Å². The summed E-state index contributed by atoms with van der Waals surface area (Å²) in [6.45, 7) is 5.00. The van der Waals surface area contributed by atoms with E-state index in [1.165, 1.54) is 10.4 Å². The summed E-state index contributed by atoms with van der Waals surface area (Å²) in [5.41, 5.74) is 3.20. The highest BCUT2D eigenvalue weighted by Crippen LogP contribution is 2.23. The third-order valence-corrected chi connectivity index (χ3v) is 3.84. The largest absolute Gasteiger partial charge is 0.270 e. The van der Waals surface area contributed by atoms with Crippen molar-refractivity contribution >= 4 is 24.0 Å². The van der Waals surface area contributed by atoms with Crippen molar-refractivity contribution in [1.29, 1.82) is 0 Å². The summed E-state index contributed by atoms with van der Waals surface area (Å²) < 4.78 is 0. The highest BCUT2D eigenvalue weighted by Gasteiger charge is 2.34. The van der Waals surface area contributed by atoms with Crippen LogP contribution in [0.5, 0.6) is 0 Å². The molecule has 0 bridgehead atoms. The van der Waals surface area contributed by atoms with Crippen molar-refractivity contribution < 1.29 is 9.59 Å². The van der Waals surface area contributed by atoms with Crippen molar-refractivity contribution in [1.82, 2.24) is 4.90 Å². The zero-order valence-corrected chi connectivity index (χ0v) is 12.2. The lowest BCUT2D eigenvalue weighted by Crippen LogP contribution is -2.30. The summed E-state index contributed by atoms with van der Waals surface area (Å²) >= 11 is 0. The van der Waals surface area contributed by atoms with Crippen molar-refractivity contribution in [2.24, 2.45) is 0 Å². The number of carbonyl (C=O) groups excluding carboxylic acids is 2. The minimum atomic E-state index is -0.203. The highest BCUT2D eigenvalue weighted by atomic mass is 16.2. The van der Waals surface area contributed by atoms with Gasteiger partial charge in [-0.05, 0) is 17.7 Å². The van der Waals surface area contributed by atoms with Crippen LogP contribution in [0.4, 0.5) is 0 Å². The summed E-state index contributed by atoms with van der Waals surface area (Å²) in [6, 6.07) is 15.0. The Bertz CT molecular complexity index is 689. The van der Waals surface area contributed by atoms with Gasteiger partial charge in [0.2, 0.25) is 0 Å². The lowest BCUT2D eigenvalue weighted by Gasteiger charge is -2.15. The van der Waals surface area contributed by atoms with Gasteiger partial charge in [-0.25, -0.2) is 0 Å². The number of imide groups is 1. The summed E-state index contributed by atoms with van der Waals surface area (Å²) in [5.74, 6) is -0.406. The lowest BCUT2D eigenvalue weighted by atomic mass is 9.49. The maximum Gasteiger partial charge on any atom is 0.261 e. The van der Waals surface area contributed by atoms with Crippen LogP contribution < -0.4 is 5.46 Å². The van der Waals surface area contributed by atoms with Crippen LogP contribution in [0.2, 0.25) is 13.6 Å². The summed E-state index contributed by atoms with van der Waals surface area (Å²) in [4.78, 5) is 26.0. The first-order chi connectivity index (χ1) is 10.1. The average Bonchev–Trinajstić information content (AvgIpc) is 2.73. The fourth-order valence-corrected chi connectivity index (χ4v) is 2.62. The normalized spacial score (nSPS) is 13.5. The van der Waals surface area contributed by atoms with Crippen LogP contribution in [-0.2, 0) is 6.54 Å². The second-order valence-corrected chi connectivity index (χ2v) is 5.64. The van der Waals surface area contributed by atoms with Crippen molar-refractivity contribution in [2.75, 3.05) is 0 Å². The van der Waals surface area contributed by atoms with E-state index in [2.05, 4.69) is 25.8 Å². The Morgan fingerprint density at radius 1 is 0.905 bits per heavy atom. The summed E-state index contributed by atoms with van der Waals surface area (Å²) in [5, 5.41) is 0. The molecule has 0 spiro atoms. The first-order valence-electron chi connectivity index (χ1n) is 7.12. The molecule has 2 aromatic rings. The molecule has 1 aliphatic rings. The quantitative estimate of drug-likeness (QED) is 0.638. The number of amides is 2. The van der Waals surface area contributed by atoms with E-state index in [-0.39, 0.29) is 11.8 Å². The molecule has 104 valence electrons. The van der Waals surface area contributed by atoms with Crippen molar-refractivity contribution in [2.45, 2.75) is 20.2 Å². The molecule has 0 saturated heterocycles. The topological polar surface area (TPSA) is 37.4 Å². The highest BCUT2D eigenvalue weighted by molar-refractivity contribution is 6.70. The number of rotatable bonds is 3. The van der Waals surface area contributed by atoms with E-state index in [0.717, 1.165) is 5.56 Å². The van der Waals surface area contributed by atoms with Gasteiger partial charge in [0.1, 0.15) is 0 Å². The maximum absolute atomic E-state index is 12.3. The molecular formula is C17H16BNO2. The third kappa shape index (κ3) is 2.37. The number of carbonyl (C=O) groups is 2. The van der Waals surface area contributed by atoms with Crippen LogP contribution in [0.15, 0.2) is 48.5 Å². The summed E-state index contributed by atoms with van der Waals surface area (Å²) in [6.07, 6.45) is 0. The van der Waals surface area contributed by atoms with Crippen molar-refractivity contribution in [3.05, 3.63) is 65.2 Å². The SMILES string of the molecule is CB(C)c1cccc(CN2C(=O)c3ccccc3C2=O)c1. The van der Waals surface area contributed by atoms with E-state index in [1.54, 1.807) is 24.3 Å². The Kier molecular flexibility index (Phi) is 3.38. The minimum absolute atomic E-state index is 0.203. The molecular weight excluding hydrogens is 261 g/mol. The van der Waals surface area contributed by atoms with E-state index < -0.39 is 0 Å². The molecule has 0 fully saturated rings. The molecule has 4 heteroatoms. The maximum atomic E-state index is 12.3. The van der Waals surface area contributed by atoms with Crippen LogP contribution in [0, 0.1) is 0 Å². The Morgan fingerprint density at radius 2 is 1.52 bits per heavy atom. The third-order valence-electron chi connectivity index (χ3n) is 3.84. The molecule has 21 heavy (non-hydrogen) atoms. The Balaban J connectivity index is 1.89. The van der Waals surface area contributed by atoms with Gasteiger partial charge in [-0.3, -0.25) is 14.5 Å². The van der Waals surface area contributed by atoms with Gasteiger partial charge in [0.05, 0.1) is 17.7 Å². The van der Waals surface area contributed by atoms with Crippen LogP contribution in [0.1, 0.15) is 26.3 Å². The number of fused-ring (bicyclic) bond motifs is 1. The van der Waals surface area contributed by atoms with Gasteiger partial charge in [0, 0.05) is 0 Å². The van der Waals surface area contributed by atoms with Gasteiger partial charge in [-0.1, -0.05) is 55.5 Å². The fraction of sp³-hybridized carbons (Fsp3) is 0.176. The molecule has 0 radical (unpaired) electrons. The molecule has 0 aliphatic carbocycles.